The minimum Gasteiger partial charge on any atom is -0.494 e. The van der Waals surface area contributed by atoms with E-state index >= 15 is 0 Å². The van der Waals surface area contributed by atoms with Crippen molar-refractivity contribution in [3.63, 3.8) is 0 Å². The van der Waals surface area contributed by atoms with Gasteiger partial charge in [-0.15, -0.1) is 0 Å². The summed E-state index contributed by atoms with van der Waals surface area (Å²) in [6, 6.07) is 34.3. The van der Waals surface area contributed by atoms with E-state index in [4.69, 9.17) is 9.47 Å². The molecule has 0 fully saturated rings. The minimum absolute atomic E-state index is 0.00223. The van der Waals surface area contributed by atoms with Crippen LogP contribution in [0, 0.1) is 0 Å². The Morgan fingerprint density at radius 1 is 0.432 bits per heavy atom. The molecule has 4 heteroatoms. The molecular formula is C40H42O4. The average Bonchev–Trinajstić information content (AvgIpc) is 3.08. The Bertz CT molecular complexity index is 1340. The molecule has 4 nitrogen and oxygen atoms in total. The van der Waals surface area contributed by atoms with Crippen molar-refractivity contribution in [2.75, 3.05) is 13.2 Å². The van der Waals surface area contributed by atoms with E-state index in [0.717, 1.165) is 48.7 Å². The van der Waals surface area contributed by atoms with Crippen molar-refractivity contribution in [1.29, 1.82) is 0 Å². The van der Waals surface area contributed by atoms with Gasteiger partial charge in [-0.25, -0.2) is 0 Å². The Hall–Kier alpha value is -4.70. The largest absolute Gasteiger partial charge is 0.494 e. The van der Waals surface area contributed by atoms with E-state index in [1.54, 1.807) is 12.2 Å². The van der Waals surface area contributed by atoms with Gasteiger partial charge < -0.3 is 9.47 Å². The van der Waals surface area contributed by atoms with Crippen LogP contribution in [0.3, 0.4) is 0 Å². The smallest absolute Gasteiger partial charge is 0.185 e. The van der Waals surface area contributed by atoms with Crippen LogP contribution in [0.25, 0.3) is 12.2 Å². The maximum absolute atomic E-state index is 12.2. The Morgan fingerprint density at radius 3 is 1.14 bits per heavy atom. The van der Waals surface area contributed by atoms with Crippen molar-refractivity contribution in [3.05, 3.63) is 144 Å². The topological polar surface area (TPSA) is 52.6 Å². The number of unbranched alkanes of at least 4 members (excludes halogenated alkanes) is 7. The number of rotatable bonds is 19. The van der Waals surface area contributed by atoms with Crippen molar-refractivity contribution >= 4 is 23.7 Å². The lowest BCUT2D eigenvalue weighted by Gasteiger charge is -2.07. The fraction of sp³-hybridized carbons (Fsp3) is 0.250. The van der Waals surface area contributed by atoms with Crippen LogP contribution in [0.1, 0.15) is 83.2 Å². The van der Waals surface area contributed by atoms with Gasteiger partial charge in [-0.05, 0) is 60.4 Å². The zero-order valence-corrected chi connectivity index (χ0v) is 25.4. The van der Waals surface area contributed by atoms with E-state index in [-0.39, 0.29) is 11.6 Å². The summed E-state index contributed by atoms with van der Waals surface area (Å²) in [6.07, 6.45) is 16.3. The molecule has 0 aromatic heterocycles. The number of benzene rings is 4. The SMILES string of the molecule is O=C(/C=C/c1ccc(OCCCCCCCCCCOc2ccc(/C=C/C(=O)c3ccccc3)cc2)cc1)c1ccccc1. The third-order valence-corrected chi connectivity index (χ3v) is 7.31. The second-order valence-corrected chi connectivity index (χ2v) is 10.8. The molecule has 4 rings (SSSR count). The maximum Gasteiger partial charge on any atom is 0.185 e. The molecule has 0 spiro atoms. The summed E-state index contributed by atoms with van der Waals surface area (Å²) in [5, 5.41) is 0. The van der Waals surface area contributed by atoms with Crippen LogP contribution in [0.4, 0.5) is 0 Å². The molecule has 0 heterocycles. The van der Waals surface area contributed by atoms with Gasteiger partial charge in [0.25, 0.3) is 0 Å². The Morgan fingerprint density at radius 2 is 0.773 bits per heavy atom. The second-order valence-electron chi connectivity index (χ2n) is 10.8. The van der Waals surface area contributed by atoms with E-state index in [0.29, 0.717) is 11.1 Å². The van der Waals surface area contributed by atoms with Gasteiger partial charge in [0.2, 0.25) is 0 Å². The number of hydrogen-bond acceptors (Lipinski definition) is 4. The molecule has 0 aliphatic heterocycles. The Kier molecular flexibility index (Phi) is 13.7. The van der Waals surface area contributed by atoms with E-state index in [9.17, 15) is 9.59 Å². The van der Waals surface area contributed by atoms with Crippen LogP contribution in [0.5, 0.6) is 11.5 Å². The van der Waals surface area contributed by atoms with E-state index in [1.165, 1.54) is 38.5 Å². The van der Waals surface area contributed by atoms with Crippen molar-refractivity contribution < 1.29 is 19.1 Å². The molecule has 0 aliphatic rings. The first-order valence-corrected chi connectivity index (χ1v) is 15.7. The maximum atomic E-state index is 12.2. The summed E-state index contributed by atoms with van der Waals surface area (Å²) in [5.41, 5.74) is 3.34. The fourth-order valence-corrected chi connectivity index (χ4v) is 4.74. The molecule has 0 aliphatic carbocycles. The van der Waals surface area contributed by atoms with Gasteiger partial charge in [-0.1, -0.05) is 136 Å². The molecule has 0 saturated heterocycles. The second kappa shape index (κ2) is 18.8. The minimum atomic E-state index is 0.00223. The molecule has 0 unspecified atom stereocenters. The summed E-state index contributed by atoms with van der Waals surface area (Å²) in [5.74, 6) is 1.73. The van der Waals surface area contributed by atoms with Gasteiger partial charge in [0, 0.05) is 11.1 Å². The predicted molar refractivity (Wildman–Crippen MR) is 180 cm³/mol. The standard InChI is InChI=1S/C40H42O4/c41-39(35-15-9-7-10-16-35)29-23-33-19-25-37(26-20-33)43-31-13-5-3-1-2-4-6-14-32-44-38-27-21-34(22-28-38)24-30-40(42)36-17-11-8-12-18-36/h7-12,15-30H,1-6,13-14,31-32H2/b29-23+,30-24+. The molecular weight excluding hydrogens is 544 g/mol. The number of ether oxygens (including phenoxy) is 2. The van der Waals surface area contributed by atoms with Gasteiger partial charge >= 0.3 is 0 Å². The van der Waals surface area contributed by atoms with Crippen LogP contribution >= 0.6 is 0 Å². The highest BCUT2D eigenvalue weighted by molar-refractivity contribution is 6.07. The number of carbonyl (C=O) groups excluding carboxylic acids is 2. The highest BCUT2D eigenvalue weighted by Gasteiger charge is 2.02. The monoisotopic (exact) mass is 586 g/mol. The van der Waals surface area contributed by atoms with Crippen molar-refractivity contribution in [2.45, 2.75) is 51.4 Å². The third kappa shape index (κ3) is 11.9. The van der Waals surface area contributed by atoms with Gasteiger partial charge in [0.1, 0.15) is 11.5 Å². The molecule has 226 valence electrons. The van der Waals surface area contributed by atoms with Crippen molar-refractivity contribution in [2.24, 2.45) is 0 Å². The van der Waals surface area contributed by atoms with Crippen LogP contribution < -0.4 is 9.47 Å². The molecule has 44 heavy (non-hydrogen) atoms. The van der Waals surface area contributed by atoms with Crippen molar-refractivity contribution in [1.82, 2.24) is 0 Å². The zero-order valence-electron chi connectivity index (χ0n) is 25.4. The fourth-order valence-electron chi connectivity index (χ4n) is 4.74. The Labute approximate surface area is 262 Å². The average molecular weight is 587 g/mol. The van der Waals surface area contributed by atoms with Gasteiger partial charge in [-0.3, -0.25) is 9.59 Å². The van der Waals surface area contributed by atoms with Crippen LogP contribution in [-0.4, -0.2) is 24.8 Å². The highest BCUT2D eigenvalue weighted by atomic mass is 16.5. The van der Waals surface area contributed by atoms with Gasteiger partial charge in [-0.2, -0.15) is 0 Å². The molecule has 0 amide bonds. The zero-order chi connectivity index (χ0) is 30.7. The number of carbonyl (C=O) groups is 2. The summed E-state index contributed by atoms with van der Waals surface area (Å²) in [7, 11) is 0. The molecule has 0 saturated carbocycles. The number of hydrogen-bond donors (Lipinski definition) is 0. The lowest BCUT2D eigenvalue weighted by Crippen LogP contribution is -1.98. The quantitative estimate of drug-likeness (QED) is 0.0623. The summed E-state index contributed by atoms with van der Waals surface area (Å²) >= 11 is 0. The molecule has 0 radical (unpaired) electrons. The summed E-state index contributed by atoms with van der Waals surface area (Å²) in [6.45, 7) is 1.45. The van der Waals surface area contributed by atoms with Crippen molar-refractivity contribution in [3.8, 4) is 11.5 Å². The van der Waals surface area contributed by atoms with Crippen LogP contribution in [-0.2, 0) is 0 Å². The first-order chi connectivity index (χ1) is 21.7. The third-order valence-electron chi connectivity index (χ3n) is 7.31. The van der Waals surface area contributed by atoms with Gasteiger partial charge in [0.05, 0.1) is 13.2 Å². The van der Waals surface area contributed by atoms with Gasteiger partial charge in [0.15, 0.2) is 11.6 Å². The van der Waals surface area contributed by atoms with E-state index in [2.05, 4.69) is 0 Å². The summed E-state index contributed by atoms with van der Waals surface area (Å²) in [4.78, 5) is 24.4. The molecule has 0 bridgehead atoms. The lowest BCUT2D eigenvalue weighted by molar-refractivity contribution is 0.103. The summed E-state index contributed by atoms with van der Waals surface area (Å²) < 4.78 is 11.8. The predicted octanol–water partition coefficient (Wildman–Crippen LogP) is 10.1. The normalized spacial score (nSPS) is 11.2. The first kappa shape index (κ1) is 32.2. The molecule has 0 atom stereocenters. The molecule has 4 aromatic carbocycles. The number of ketones is 2. The lowest BCUT2D eigenvalue weighted by atomic mass is 10.1. The first-order valence-electron chi connectivity index (χ1n) is 15.7. The molecule has 0 N–H and O–H groups in total. The Balaban J connectivity index is 0.973. The van der Waals surface area contributed by atoms with E-state index < -0.39 is 0 Å². The van der Waals surface area contributed by atoms with E-state index in [1.807, 2.05) is 121 Å². The van der Waals surface area contributed by atoms with Crippen LogP contribution in [0.2, 0.25) is 0 Å². The van der Waals surface area contributed by atoms with Crippen LogP contribution in [0.15, 0.2) is 121 Å². The highest BCUT2D eigenvalue weighted by Crippen LogP contribution is 2.17. The molecule has 4 aromatic rings. The number of allylic oxidation sites excluding steroid dienone is 2.